The summed E-state index contributed by atoms with van der Waals surface area (Å²) in [6, 6.07) is 9.97. The van der Waals surface area contributed by atoms with Gasteiger partial charge < -0.3 is 10.1 Å². The summed E-state index contributed by atoms with van der Waals surface area (Å²) in [6.07, 6.45) is 4.85. The van der Waals surface area contributed by atoms with Crippen molar-refractivity contribution in [2.45, 2.75) is 50.3 Å². The molecule has 0 radical (unpaired) electrons. The van der Waals surface area contributed by atoms with Crippen LogP contribution >= 0.6 is 0 Å². The quantitative estimate of drug-likeness (QED) is 0.845. The molecule has 0 saturated carbocycles. The van der Waals surface area contributed by atoms with Gasteiger partial charge in [0.15, 0.2) is 0 Å². The summed E-state index contributed by atoms with van der Waals surface area (Å²) in [5.41, 5.74) is 2.69. The number of piperidine rings is 1. The lowest BCUT2D eigenvalue weighted by Crippen LogP contribution is -2.48. The summed E-state index contributed by atoms with van der Waals surface area (Å²) in [6.45, 7) is 2.19. The highest BCUT2D eigenvalue weighted by atomic mass is 16.5. The van der Waals surface area contributed by atoms with Gasteiger partial charge in [-0.2, -0.15) is 0 Å². The second-order valence-corrected chi connectivity index (χ2v) is 5.56. The predicted octanol–water partition coefficient (Wildman–Crippen LogP) is 2.75. The molecule has 17 heavy (non-hydrogen) atoms. The second-order valence-electron chi connectivity index (χ2n) is 5.56. The summed E-state index contributed by atoms with van der Waals surface area (Å²) in [7, 11) is 1.87. The average molecular weight is 231 g/mol. The molecule has 1 aromatic carbocycles. The third-order valence-corrected chi connectivity index (χ3v) is 4.51. The second kappa shape index (κ2) is 4.11. The van der Waals surface area contributed by atoms with Gasteiger partial charge in [0.1, 0.15) is 0 Å². The van der Waals surface area contributed by atoms with E-state index in [2.05, 4.69) is 36.5 Å². The number of nitrogens with one attached hydrogen (secondary N) is 1. The van der Waals surface area contributed by atoms with E-state index in [0.29, 0.717) is 12.1 Å². The Hall–Kier alpha value is -0.860. The summed E-state index contributed by atoms with van der Waals surface area (Å²) in [5, 5.41) is 3.69. The van der Waals surface area contributed by atoms with Crippen LogP contribution in [0.3, 0.4) is 0 Å². The van der Waals surface area contributed by atoms with E-state index >= 15 is 0 Å². The molecule has 2 atom stereocenters. The van der Waals surface area contributed by atoms with E-state index < -0.39 is 0 Å². The minimum atomic E-state index is -0.0531. The first-order chi connectivity index (χ1) is 8.23. The Bertz CT molecular complexity index is 403. The van der Waals surface area contributed by atoms with E-state index in [0.717, 1.165) is 12.8 Å². The molecule has 3 rings (SSSR count). The van der Waals surface area contributed by atoms with Crippen LogP contribution in [0.2, 0.25) is 0 Å². The molecule has 1 aromatic rings. The van der Waals surface area contributed by atoms with Gasteiger partial charge in [0.05, 0.1) is 5.60 Å². The smallest absolute Gasteiger partial charge is 0.0959 e. The lowest BCUT2D eigenvalue weighted by atomic mass is 9.79. The zero-order valence-corrected chi connectivity index (χ0v) is 10.7. The molecular formula is C15H21NO. The Morgan fingerprint density at radius 2 is 1.82 bits per heavy atom. The van der Waals surface area contributed by atoms with Crippen LogP contribution in [0.1, 0.15) is 36.8 Å². The summed E-state index contributed by atoms with van der Waals surface area (Å²) in [4.78, 5) is 0. The lowest BCUT2D eigenvalue weighted by molar-refractivity contribution is -0.0531. The number of methoxy groups -OCH3 is 1. The van der Waals surface area contributed by atoms with E-state index in [-0.39, 0.29) is 5.60 Å². The fourth-order valence-corrected chi connectivity index (χ4v) is 3.68. The van der Waals surface area contributed by atoms with Crippen LogP contribution in [-0.2, 0) is 10.3 Å². The van der Waals surface area contributed by atoms with Gasteiger partial charge in [0.2, 0.25) is 0 Å². The van der Waals surface area contributed by atoms with E-state index in [1.165, 1.54) is 24.0 Å². The van der Waals surface area contributed by atoms with Crippen molar-refractivity contribution >= 4 is 0 Å². The van der Waals surface area contributed by atoms with Crippen molar-refractivity contribution in [1.29, 1.82) is 0 Å². The van der Waals surface area contributed by atoms with Gasteiger partial charge in [0.25, 0.3) is 0 Å². The van der Waals surface area contributed by atoms with Crippen molar-refractivity contribution < 1.29 is 4.74 Å². The molecule has 2 aliphatic heterocycles. The third kappa shape index (κ3) is 1.80. The van der Waals surface area contributed by atoms with Gasteiger partial charge in [-0.25, -0.2) is 0 Å². The van der Waals surface area contributed by atoms with Crippen LogP contribution in [0.5, 0.6) is 0 Å². The molecule has 0 aliphatic carbocycles. The standard InChI is InChI=1S/C15H21NO/c1-11-5-3-4-6-14(11)15(17-2)9-12-7-8-13(10-15)16-12/h3-6,12-13,16H,7-10H2,1-2H3. The van der Waals surface area contributed by atoms with Crippen LogP contribution in [0.15, 0.2) is 24.3 Å². The molecule has 0 spiro atoms. The number of rotatable bonds is 2. The topological polar surface area (TPSA) is 21.3 Å². The first-order valence-electron chi connectivity index (χ1n) is 6.61. The van der Waals surface area contributed by atoms with Gasteiger partial charge in [-0.3, -0.25) is 0 Å². The van der Waals surface area contributed by atoms with E-state index in [1.807, 2.05) is 7.11 Å². The highest BCUT2D eigenvalue weighted by Gasteiger charge is 2.45. The van der Waals surface area contributed by atoms with E-state index in [9.17, 15) is 0 Å². The van der Waals surface area contributed by atoms with Crippen LogP contribution in [0.25, 0.3) is 0 Å². The summed E-state index contributed by atoms with van der Waals surface area (Å²) >= 11 is 0. The molecule has 2 unspecified atom stereocenters. The molecule has 2 nitrogen and oxygen atoms in total. The first-order valence-corrected chi connectivity index (χ1v) is 6.61. The SMILES string of the molecule is COC1(c2ccccc2C)CC2CCC(C1)N2. The minimum Gasteiger partial charge on any atom is -0.373 e. The fourth-order valence-electron chi connectivity index (χ4n) is 3.68. The maximum Gasteiger partial charge on any atom is 0.0959 e. The third-order valence-electron chi connectivity index (χ3n) is 4.51. The van der Waals surface area contributed by atoms with Crippen molar-refractivity contribution in [2.24, 2.45) is 0 Å². The lowest BCUT2D eigenvalue weighted by Gasteiger charge is -2.41. The molecule has 1 N–H and O–H groups in total. The van der Waals surface area contributed by atoms with E-state index in [1.54, 1.807) is 0 Å². The molecular weight excluding hydrogens is 210 g/mol. The molecule has 2 aliphatic rings. The van der Waals surface area contributed by atoms with Crippen LogP contribution < -0.4 is 5.32 Å². The molecule has 2 saturated heterocycles. The van der Waals surface area contributed by atoms with Crippen LogP contribution in [0.4, 0.5) is 0 Å². The zero-order chi connectivity index (χ0) is 11.9. The molecule has 92 valence electrons. The summed E-state index contributed by atoms with van der Waals surface area (Å²) < 4.78 is 5.99. The Kier molecular flexibility index (Phi) is 2.72. The van der Waals surface area contributed by atoms with Gasteiger partial charge >= 0.3 is 0 Å². The monoisotopic (exact) mass is 231 g/mol. The van der Waals surface area contributed by atoms with Crippen LogP contribution in [0, 0.1) is 6.92 Å². The molecule has 2 heteroatoms. The fraction of sp³-hybridized carbons (Fsp3) is 0.600. The highest BCUT2D eigenvalue weighted by molar-refractivity contribution is 5.33. The van der Waals surface area contributed by atoms with Crippen molar-refractivity contribution in [2.75, 3.05) is 7.11 Å². The summed E-state index contributed by atoms with van der Waals surface area (Å²) in [5.74, 6) is 0. The van der Waals surface area contributed by atoms with Crippen molar-refractivity contribution in [1.82, 2.24) is 5.32 Å². The number of ether oxygens (including phenoxy) is 1. The minimum absolute atomic E-state index is 0.0531. The molecule has 0 amide bonds. The Morgan fingerprint density at radius 3 is 2.41 bits per heavy atom. The van der Waals surface area contributed by atoms with Gasteiger partial charge in [-0.15, -0.1) is 0 Å². The van der Waals surface area contributed by atoms with E-state index in [4.69, 9.17) is 4.74 Å². The molecule has 2 heterocycles. The Balaban J connectivity index is 2.00. The van der Waals surface area contributed by atoms with Crippen molar-refractivity contribution in [3.63, 3.8) is 0 Å². The maximum absolute atomic E-state index is 5.99. The molecule has 2 bridgehead atoms. The number of benzene rings is 1. The first kappa shape index (κ1) is 11.2. The number of aryl methyl sites for hydroxylation is 1. The number of hydrogen-bond acceptors (Lipinski definition) is 2. The normalized spacial score (nSPS) is 36.1. The van der Waals surface area contributed by atoms with Gasteiger partial charge in [-0.1, -0.05) is 24.3 Å². The van der Waals surface area contributed by atoms with Crippen molar-refractivity contribution in [3.8, 4) is 0 Å². The van der Waals surface area contributed by atoms with Crippen LogP contribution in [-0.4, -0.2) is 19.2 Å². The molecule has 2 fully saturated rings. The van der Waals surface area contributed by atoms with Gasteiger partial charge in [0, 0.05) is 19.2 Å². The van der Waals surface area contributed by atoms with Gasteiger partial charge in [-0.05, 0) is 43.7 Å². The molecule has 0 aromatic heterocycles. The number of hydrogen-bond donors (Lipinski definition) is 1. The highest BCUT2D eigenvalue weighted by Crippen LogP contribution is 2.44. The predicted molar refractivity (Wildman–Crippen MR) is 69.0 cm³/mol. The maximum atomic E-state index is 5.99. The number of fused-ring (bicyclic) bond motifs is 2. The average Bonchev–Trinajstić information content (AvgIpc) is 2.69. The van der Waals surface area contributed by atoms with Crippen molar-refractivity contribution in [3.05, 3.63) is 35.4 Å². The zero-order valence-electron chi connectivity index (χ0n) is 10.7. The Labute approximate surface area is 103 Å². The largest absolute Gasteiger partial charge is 0.373 e. The Morgan fingerprint density at radius 1 is 1.18 bits per heavy atom.